The second-order valence-corrected chi connectivity index (χ2v) is 24.2. The number of β-amino-alcohol motifs (C(OH)–C–C–N with tert-alkyl or cyclic N) is 1. The summed E-state index contributed by atoms with van der Waals surface area (Å²) >= 11 is 1.56. The predicted molar refractivity (Wildman–Crippen MR) is 291 cm³/mol. The number of halogens is 3. The largest absolute Gasteiger partial charge is 0.391 e. The topological polar surface area (TPSA) is 217 Å². The van der Waals surface area contributed by atoms with Crippen molar-refractivity contribution in [2.75, 3.05) is 75.1 Å². The smallest absolute Gasteiger partial charge is 0.301 e. The third-order valence-corrected chi connectivity index (χ3v) is 17.6. The second-order valence-electron chi connectivity index (χ2n) is 21.6. The number of aliphatic hydroxyl groups excluding tert-OH is 1. The maximum absolute atomic E-state index is 15.8. The number of para-hydroxylation sites is 1. The summed E-state index contributed by atoms with van der Waals surface area (Å²) in [5.74, 6) is -3.96. The van der Waals surface area contributed by atoms with E-state index in [0.29, 0.717) is 44.8 Å². The Bertz CT molecular complexity index is 3360. The van der Waals surface area contributed by atoms with E-state index in [0.717, 1.165) is 31.7 Å². The highest BCUT2D eigenvalue weighted by Gasteiger charge is 2.45. The van der Waals surface area contributed by atoms with Gasteiger partial charge in [-0.2, -0.15) is 21.5 Å². The third kappa shape index (κ3) is 11.5. The minimum Gasteiger partial charge on any atom is -0.391 e. The number of H-pyrrole nitrogens is 1. The van der Waals surface area contributed by atoms with Gasteiger partial charge in [-0.15, -0.1) is 11.3 Å². The van der Waals surface area contributed by atoms with Gasteiger partial charge in [-0.1, -0.05) is 69.3 Å². The number of hydrogen-bond acceptors (Lipinski definition) is 13. The maximum atomic E-state index is 15.8. The fraction of sp³-hybridized carbons (Fsp3) is 0.418. The van der Waals surface area contributed by atoms with Crippen molar-refractivity contribution in [3.8, 4) is 21.6 Å². The fourth-order valence-corrected chi connectivity index (χ4v) is 12.9. The molecule has 4 aliphatic heterocycles. The fourth-order valence-electron chi connectivity index (χ4n) is 10.8. The van der Waals surface area contributed by atoms with Gasteiger partial charge in [0.15, 0.2) is 5.78 Å². The van der Waals surface area contributed by atoms with Gasteiger partial charge in [-0.25, -0.2) is 14.4 Å². The number of fused-ring (bicyclic) bond motifs is 1. The van der Waals surface area contributed by atoms with Gasteiger partial charge in [0.1, 0.15) is 23.9 Å². The summed E-state index contributed by atoms with van der Waals surface area (Å²) in [4.78, 5) is 75.2. The number of thiazole rings is 1. The zero-order valence-corrected chi connectivity index (χ0v) is 45.3. The third-order valence-electron chi connectivity index (χ3n) is 15.1. The molecule has 0 saturated carbocycles. The van der Waals surface area contributed by atoms with E-state index in [9.17, 15) is 37.1 Å². The lowest BCUT2D eigenvalue weighted by Gasteiger charge is -2.48. The van der Waals surface area contributed by atoms with E-state index in [1.807, 2.05) is 69.0 Å². The van der Waals surface area contributed by atoms with Gasteiger partial charge in [-0.3, -0.25) is 33.7 Å². The molecular formula is C55H62F3N11O7S2. The van der Waals surface area contributed by atoms with Crippen LogP contribution in [0.4, 0.5) is 24.5 Å². The first-order valence-electron chi connectivity index (χ1n) is 26.0. The number of nitrogens with zero attached hydrogens (tertiary/aromatic N) is 7. The molecular weight excluding hydrogens is 1050 g/mol. The van der Waals surface area contributed by atoms with Gasteiger partial charge in [0.2, 0.25) is 29.6 Å². The number of benzene rings is 3. The molecule has 5 N–H and O–H groups in total. The van der Waals surface area contributed by atoms with E-state index >= 15 is 8.78 Å². The van der Waals surface area contributed by atoms with Gasteiger partial charge in [0.25, 0.3) is 0 Å². The molecule has 0 aliphatic carbocycles. The lowest BCUT2D eigenvalue weighted by atomic mass is 9.85. The summed E-state index contributed by atoms with van der Waals surface area (Å²) in [6.45, 7) is 11.5. The number of carbonyl (C=O) groups excluding carboxylic acids is 4. The van der Waals surface area contributed by atoms with Crippen LogP contribution in [0.25, 0.3) is 32.6 Å². The highest BCUT2D eigenvalue weighted by Crippen LogP contribution is 2.35. The van der Waals surface area contributed by atoms with Crippen LogP contribution >= 0.6 is 11.3 Å². The number of hydrogen-bond donors (Lipinski definition) is 5. The van der Waals surface area contributed by atoms with Gasteiger partial charge >= 0.3 is 10.2 Å². The average Bonchev–Trinajstić information content (AvgIpc) is 4.30. The number of aromatic nitrogens is 3. The molecule has 0 bridgehead atoms. The lowest BCUT2D eigenvalue weighted by Crippen LogP contribution is -2.65. The molecule has 4 saturated heterocycles. The molecule has 4 aliphatic rings. The summed E-state index contributed by atoms with van der Waals surface area (Å²) in [5, 5.41) is 16.6. The molecule has 6 aromatic rings. The first-order chi connectivity index (χ1) is 37.2. The van der Waals surface area contributed by atoms with E-state index in [-0.39, 0.29) is 91.3 Å². The monoisotopic (exact) mass is 1110 g/mol. The Kier molecular flexibility index (Phi) is 15.5. The molecule has 3 amide bonds. The van der Waals surface area contributed by atoms with Gasteiger partial charge in [-0.05, 0) is 65.8 Å². The number of anilines is 2. The summed E-state index contributed by atoms with van der Waals surface area (Å²) in [7, 11) is -4.24. The summed E-state index contributed by atoms with van der Waals surface area (Å²) in [6.07, 6.45) is -2.08. The number of likely N-dealkylation sites (tertiary alicyclic amines) is 2. The molecule has 412 valence electrons. The standard InChI is InChI=1S/C55H62F3N11O7S2/c1-32-48(77-31-60-32)34-14-12-33(13-15-34)25-59-53(73)44-23-39(70)29-69(44)54(74)49(55(2,3)4)61-45(71)30-65-27-38(28-65)67-20-18-66(19-21-67)37-9-7-8-35(22-37)41-24-42-46(51(58)63-52(42)62-50(41)57)47(72)40-10-5-6-11-43(40)64-78(75,76)68-17-16-36(56)26-68/h5-15,22,24,31,36,38-39,44,49,64,70H,16-21,23,25-30H2,1-4H3,(H,59,73)(H,61,71)(H,62,63)/t36?,39-,44+,49?/m1/s1. The SMILES string of the molecule is Cc1ncsc1-c1ccc(CNC(=O)[C@@H]2C[C@@H](O)CN2C(=O)C(NC(=O)CN2CC(N3CCN(c4cccc(-c5cc6c(C(=O)c7ccccc7NS(=O)(=O)N7CCC(F)C7)c(F)[nH]c6nc5F)c4)CC3)C2)C(C)(C)C)cc1. The molecule has 2 unspecified atom stereocenters. The van der Waals surface area contributed by atoms with E-state index in [1.165, 1.54) is 35.2 Å². The van der Waals surface area contributed by atoms with Gasteiger partial charge in [0, 0.05) is 100 Å². The molecule has 3 aromatic heterocycles. The number of aryl methyl sites for hydroxylation is 1. The number of rotatable bonds is 16. The maximum Gasteiger partial charge on any atom is 0.301 e. The number of aliphatic hydroxyl groups is 1. The Labute approximate surface area is 454 Å². The molecule has 0 spiro atoms. The average molecular weight is 1110 g/mol. The Morgan fingerprint density at radius 2 is 1.65 bits per heavy atom. The van der Waals surface area contributed by atoms with E-state index in [1.54, 1.807) is 29.0 Å². The number of carbonyl (C=O) groups is 4. The van der Waals surface area contributed by atoms with Crippen LogP contribution in [-0.2, 0) is 31.1 Å². The summed E-state index contributed by atoms with van der Waals surface area (Å²) in [5.41, 5.74) is 4.29. The number of pyridine rings is 1. The van der Waals surface area contributed by atoms with Crippen LogP contribution in [0.1, 0.15) is 60.8 Å². The number of piperazine rings is 1. The molecule has 4 fully saturated rings. The zero-order chi connectivity index (χ0) is 55.2. The molecule has 10 rings (SSSR count). The van der Waals surface area contributed by atoms with Crippen LogP contribution < -0.4 is 20.3 Å². The Morgan fingerprint density at radius 1 is 0.910 bits per heavy atom. The van der Waals surface area contributed by atoms with Crippen molar-refractivity contribution in [3.63, 3.8) is 0 Å². The van der Waals surface area contributed by atoms with Gasteiger partial charge in [0.05, 0.1) is 40.0 Å². The van der Waals surface area contributed by atoms with Crippen LogP contribution in [0.3, 0.4) is 0 Å². The molecule has 18 nitrogen and oxygen atoms in total. The molecule has 7 heterocycles. The van der Waals surface area contributed by atoms with Crippen molar-refractivity contribution in [3.05, 3.63) is 119 Å². The number of amides is 3. The van der Waals surface area contributed by atoms with Crippen molar-refractivity contribution in [2.24, 2.45) is 5.41 Å². The molecule has 23 heteroatoms. The predicted octanol–water partition coefficient (Wildman–Crippen LogP) is 5.49. The Morgan fingerprint density at radius 3 is 2.35 bits per heavy atom. The van der Waals surface area contributed by atoms with Crippen molar-refractivity contribution in [1.29, 1.82) is 0 Å². The van der Waals surface area contributed by atoms with Crippen LogP contribution in [0.5, 0.6) is 0 Å². The van der Waals surface area contributed by atoms with E-state index in [4.69, 9.17) is 0 Å². The highest BCUT2D eigenvalue weighted by atomic mass is 32.2. The first-order valence-corrected chi connectivity index (χ1v) is 28.3. The van der Waals surface area contributed by atoms with Crippen LogP contribution in [-0.4, -0.2) is 167 Å². The van der Waals surface area contributed by atoms with Crippen molar-refractivity contribution in [2.45, 2.75) is 77.5 Å². The molecule has 0 radical (unpaired) electrons. The Hall–Kier alpha value is -6.76. The Balaban J connectivity index is 0.725. The second kappa shape index (κ2) is 22.2. The lowest BCUT2D eigenvalue weighted by molar-refractivity contribution is -0.144. The molecule has 4 atom stereocenters. The van der Waals surface area contributed by atoms with E-state index < -0.39 is 69.1 Å². The quantitative estimate of drug-likeness (QED) is 0.0602. The molecule has 3 aromatic carbocycles. The highest BCUT2D eigenvalue weighted by molar-refractivity contribution is 7.90. The van der Waals surface area contributed by atoms with Gasteiger partial charge < -0.3 is 30.5 Å². The number of aromatic amines is 1. The number of ketones is 1. The van der Waals surface area contributed by atoms with Crippen LogP contribution in [0.2, 0.25) is 0 Å². The minimum atomic E-state index is -4.24. The number of nitrogens with one attached hydrogen (secondary N) is 4. The summed E-state index contributed by atoms with van der Waals surface area (Å²) in [6, 6.07) is 20.4. The van der Waals surface area contributed by atoms with E-state index in [2.05, 4.69) is 40.1 Å². The zero-order valence-electron chi connectivity index (χ0n) is 43.6. The number of alkyl halides is 1. The van der Waals surface area contributed by atoms with Crippen LogP contribution in [0, 0.1) is 24.2 Å². The molecule has 78 heavy (non-hydrogen) atoms. The first kappa shape index (κ1) is 54.6. The minimum absolute atomic E-state index is 0.00468. The van der Waals surface area contributed by atoms with Crippen molar-refractivity contribution >= 4 is 67.5 Å². The van der Waals surface area contributed by atoms with Crippen LogP contribution in [0.15, 0.2) is 84.4 Å². The van der Waals surface area contributed by atoms with Crippen molar-refractivity contribution in [1.82, 2.24) is 44.6 Å². The summed E-state index contributed by atoms with van der Waals surface area (Å²) < 4.78 is 74.9. The van der Waals surface area contributed by atoms with Crippen molar-refractivity contribution < 1.29 is 45.9 Å². The normalized spacial score (nSPS) is 20.2.